The van der Waals surface area contributed by atoms with Crippen LogP contribution in [0.3, 0.4) is 0 Å². The van der Waals surface area contributed by atoms with Crippen molar-refractivity contribution in [2.75, 3.05) is 26.7 Å². The first-order valence-corrected chi connectivity index (χ1v) is 8.95. The summed E-state index contributed by atoms with van der Waals surface area (Å²) in [6, 6.07) is 6.10. The number of nitrogens with one attached hydrogen (secondary N) is 2. The van der Waals surface area contributed by atoms with Crippen molar-refractivity contribution < 1.29 is 19.4 Å². The predicted octanol–water partition coefficient (Wildman–Crippen LogP) is 0.767. The fourth-order valence-electron chi connectivity index (χ4n) is 2.85. The van der Waals surface area contributed by atoms with Crippen molar-refractivity contribution in [1.29, 1.82) is 0 Å². The largest absolute Gasteiger partial charge is 0.494 e. The summed E-state index contributed by atoms with van der Waals surface area (Å²) in [7, 11) is 1.74. The monoisotopic (exact) mass is 379 g/mol. The second-order valence-electron chi connectivity index (χ2n) is 5.97. The van der Waals surface area contributed by atoms with E-state index in [-0.39, 0.29) is 31.3 Å². The van der Waals surface area contributed by atoms with Crippen LogP contribution >= 0.6 is 12.6 Å². The van der Waals surface area contributed by atoms with E-state index in [2.05, 4.69) is 23.3 Å². The molecule has 2 rings (SSSR count). The van der Waals surface area contributed by atoms with Crippen LogP contribution in [0.4, 0.5) is 0 Å². The van der Waals surface area contributed by atoms with Crippen LogP contribution in [-0.4, -0.2) is 60.7 Å². The molecule has 7 nitrogen and oxygen atoms in total. The van der Waals surface area contributed by atoms with Crippen LogP contribution in [0.1, 0.15) is 23.7 Å². The number of hydrogen-bond acceptors (Lipinski definition) is 6. The Kier molecular flexibility index (Phi) is 7.35. The molecular formula is C18H25N3O4S. The highest BCUT2D eigenvalue weighted by molar-refractivity contribution is 7.84. The average Bonchev–Trinajstić information content (AvgIpc) is 3.01. The molecule has 1 fully saturated rings. The van der Waals surface area contributed by atoms with Crippen molar-refractivity contribution in [2.24, 2.45) is 0 Å². The lowest BCUT2D eigenvalue weighted by molar-refractivity contribution is -0.124. The van der Waals surface area contributed by atoms with E-state index in [0.29, 0.717) is 22.8 Å². The summed E-state index contributed by atoms with van der Waals surface area (Å²) in [6.07, 6.45) is 1.14. The Labute approximate surface area is 158 Å². The molecule has 0 aromatic heterocycles. The van der Waals surface area contributed by atoms with Gasteiger partial charge < -0.3 is 25.4 Å². The van der Waals surface area contributed by atoms with Crippen LogP contribution in [0.5, 0.6) is 5.75 Å². The number of ether oxygens (including phenoxy) is 1. The summed E-state index contributed by atoms with van der Waals surface area (Å²) in [5.41, 5.74) is 0.424. The summed E-state index contributed by atoms with van der Waals surface area (Å²) >= 11 is 4.24. The fraction of sp³-hybridized carbons (Fsp3) is 0.444. The normalized spacial score (nSPS) is 20.0. The van der Waals surface area contributed by atoms with E-state index >= 15 is 0 Å². The molecule has 2 amide bonds. The van der Waals surface area contributed by atoms with Crippen molar-refractivity contribution in [1.82, 2.24) is 15.5 Å². The van der Waals surface area contributed by atoms with Gasteiger partial charge in [-0.25, -0.2) is 0 Å². The number of benzene rings is 1. The van der Waals surface area contributed by atoms with Crippen LogP contribution in [-0.2, 0) is 4.79 Å². The SMILES string of the molecule is CCOc1cccc(C(=O)N2C[C@H](O)C[C@H]2C(=O)NC/C(S)=C/NC)c1. The lowest BCUT2D eigenvalue weighted by atomic mass is 10.1. The lowest BCUT2D eigenvalue weighted by Gasteiger charge is -2.24. The zero-order chi connectivity index (χ0) is 19.1. The standard InChI is InChI=1S/C18H25N3O4S/c1-3-25-14-6-4-5-12(7-14)18(24)21-11-13(22)8-16(21)17(23)20-10-15(26)9-19-2/h4-7,9,13,16,19,22,26H,3,8,10-11H2,1-2H3,(H,20,23)/b15-9-/t13-,16+/m1/s1. The molecule has 1 aliphatic heterocycles. The molecule has 3 N–H and O–H groups in total. The van der Waals surface area contributed by atoms with Gasteiger partial charge >= 0.3 is 0 Å². The number of carbonyl (C=O) groups excluding carboxylic acids is 2. The highest BCUT2D eigenvalue weighted by atomic mass is 32.1. The maximum absolute atomic E-state index is 12.8. The van der Waals surface area contributed by atoms with Gasteiger partial charge in [0.15, 0.2) is 0 Å². The highest BCUT2D eigenvalue weighted by Crippen LogP contribution is 2.23. The van der Waals surface area contributed by atoms with E-state index in [1.54, 1.807) is 37.5 Å². The maximum Gasteiger partial charge on any atom is 0.254 e. The van der Waals surface area contributed by atoms with E-state index in [1.165, 1.54) is 4.90 Å². The van der Waals surface area contributed by atoms with Crippen LogP contribution in [0, 0.1) is 0 Å². The molecule has 1 saturated heterocycles. The summed E-state index contributed by atoms with van der Waals surface area (Å²) in [4.78, 5) is 27.4. The van der Waals surface area contributed by atoms with Gasteiger partial charge in [0.2, 0.25) is 5.91 Å². The number of amides is 2. The van der Waals surface area contributed by atoms with Gasteiger partial charge in [-0.15, -0.1) is 12.6 Å². The van der Waals surface area contributed by atoms with Crippen molar-refractivity contribution >= 4 is 24.4 Å². The van der Waals surface area contributed by atoms with E-state index in [1.807, 2.05) is 6.92 Å². The van der Waals surface area contributed by atoms with E-state index in [4.69, 9.17) is 4.74 Å². The zero-order valence-corrected chi connectivity index (χ0v) is 15.8. The molecule has 1 heterocycles. The minimum absolute atomic E-state index is 0.121. The first kappa shape index (κ1) is 20.1. The predicted molar refractivity (Wildman–Crippen MR) is 102 cm³/mol. The molecule has 8 heteroatoms. The number of carbonyl (C=O) groups is 2. The zero-order valence-electron chi connectivity index (χ0n) is 14.9. The Morgan fingerprint density at radius 3 is 2.92 bits per heavy atom. The van der Waals surface area contributed by atoms with Gasteiger partial charge in [-0.3, -0.25) is 9.59 Å². The number of nitrogens with zero attached hydrogens (tertiary/aromatic N) is 1. The minimum Gasteiger partial charge on any atom is -0.494 e. The Hall–Kier alpha value is -2.19. The molecule has 142 valence electrons. The fourth-order valence-corrected chi connectivity index (χ4v) is 3.06. The molecule has 0 spiro atoms. The number of rotatable bonds is 7. The number of thiol groups is 1. The van der Waals surface area contributed by atoms with Gasteiger partial charge in [-0.1, -0.05) is 6.07 Å². The third-order valence-corrected chi connectivity index (χ3v) is 4.28. The second kappa shape index (κ2) is 9.49. The molecule has 0 bridgehead atoms. The summed E-state index contributed by atoms with van der Waals surface area (Å²) in [6.45, 7) is 2.73. The Balaban J connectivity index is 2.10. The van der Waals surface area contributed by atoms with Gasteiger partial charge in [0, 0.05) is 43.2 Å². The number of aliphatic hydroxyl groups is 1. The van der Waals surface area contributed by atoms with E-state index in [0.717, 1.165) is 0 Å². The first-order chi connectivity index (χ1) is 12.5. The second-order valence-corrected chi connectivity index (χ2v) is 6.54. The Morgan fingerprint density at radius 2 is 2.23 bits per heavy atom. The molecule has 0 unspecified atom stereocenters. The lowest BCUT2D eigenvalue weighted by Crippen LogP contribution is -2.46. The Bertz CT molecular complexity index is 680. The van der Waals surface area contributed by atoms with Crippen molar-refractivity contribution in [2.45, 2.75) is 25.5 Å². The number of β-amino-alcohol motifs (C(OH)–C–C–N with tert-alkyl or cyclic N) is 1. The van der Waals surface area contributed by atoms with Crippen molar-refractivity contribution in [3.8, 4) is 5.75 Å². The molecule has 1 aromatic rings. The highest BCUT2D eigenvalue weighted by Gasteiger charge is 2.39. The van der Waals surface area contributed by atoms with Gasteiger partial charge in [-0.05, 0) is 25.1 Å². The molecule has 1 aliphatic rings. The molecule has 2 atom stereocenters. The third kappa shape index (κ3) is 5.15. The summed E-state index contributed by atoms with van der Waals surface area (Å²) in [5.74, 6) is -0.0250. The minimum atomic E-state index is -0.729. The van der Waals surface area contributed by atoms with Gasteiger partial charge in [-0.2, -0.15) is 0 Å². The molecular weight excluding hydrogens is 354 g/mol. The topological polar surface area (TPSA) is 90.9 Å². The molecule has 0 saturated carbocycles. The van der Waals surface area contributed by atoms with E-state index in [9.17, 15) is 14.7 Å². The van der Waals surface area contributed by atoms with Crippen molar-refractivity contribution in [3.05, 3.63) is 40.9 Å². The summed E-state index contributed by atoms with van der Waals surface area (Å²) in [5, 5.41) is 15.6. The average molecular weight is 379 g/mol. The van der Waals surface area contributed by atoms with Crippen LogP contribution in [0.25, 0.3) is 0 Å². The quantitative estimate of drug-likeness (QED) is 0.526. The van der Waals surface area contributed by atoms with Gasteiger partial charge in [0.1, 0.15) is 11.8 Å². The van der Waals surface area contributed by atoms with Crippen LogP contribution < -0.4 is 15.4 Å². The summed E-state index contributed by atoms with van der Waals surface area (Å²) < 4.78 is 5.42. The van der Waals surface area contributed by atoms with Gasteiger partial charge in [0.05, 0.1) is 12.7 Å². The number of aliphatic hydroxyl groups excluding tert-OH is 1. The number of hydrogen-bond donors (Lipinski definition) is 4. The third-order valence-electron chi connectivity index (χ3n) is 3.99. The molecule has 26 heavy (non-hydrogen) atoms. The van der Waals surface area contributed by atoms with Crippen LogP contribution in [0.15, 0.2) is 35.4 Å². The van der Waals surface area contributed by atoms with Crippen molar-refractivity contribution in [3.63, 3.8) is 0 Å². The Morgan fingerprint density at radius 1 is 1.46 bits per heavy atom. The first-order valence-electron chi connectivity index (χ1n) is 8.51. The maximum atomic E-state index is 12.8. The smallest absolute Gasteiger partial charge is 0.254 e. The molecule has 0 radical (unpaired) electrons. The van der Waals surface area contributed by atoms with Gasteiger partial charge in [0.25, 0.3) is 5.91 Å². The number of likely N-dealkylation sites (tertiary alicyclic amines) is 1. The molecule has 0 aliphatic carbocycles. The van der Waals surface area contributed by atoms with E-state index < -0.39 is 12.1 Å². The van der Waals surface area contributed by atoms with Crippen LogP contribution in [0.2, 0.25) is 0 Å². The molecule has 1 aromatic carbocycles.